The van der Waals surface area contributed by atoms with Crippen LogP contribution in [0.4, 0.5) is 8.78 Å². The van der Waals surface area contributed by atoms with E-state index in [-0.39, 0.29) is 37.1 Å². The fraction of sp³-hybridized carbons (Fsp3) is 0.500. The van der Waals surface area contributed by atoms with Gasteiger partial charge in [0.1, 0.15) is 0 Å². The van der Waals surface area contributed by atoms with E-state index in [1.54, 1.807) is 44.2 Å². The number of amides is 1. The number of hydrogen-bond donors (Lipinski definition) is 0. The molecule has 0 bridgehead atoms. The Hall–Kier alpha value is -1.14. The van der Waals surface area contributed by atoms with Crippen molar-refractivity contribution in [3.8, 4) is 0 Å². The first-order valence-electron chi connectivity index (χ1n) is 6.45. The van der Waals surface area contributed by atoms with Crippen molar-refractivity contribution in [2.75, 3.05) is 13.1 Å². The van der Waals surface area contributed by atoms with Crippen LogP contribution in [0.3, 0.4) is 0 Å². The van der Waals surface area contributed by atoms with Crippen molar-refractivity contribution in [2.24, 2.45) is 0 Å². The third kappa shape index (κ3) is 3.70. The van der Waals surface area contributed by atoms with Crippen LogP contribution in [-0.4, -0.2) is 41.4 Å². The van der Waals surface area contributed by atoms with E-state index in [0.29, 0.717) is 4.90 Å². The summed E-state index contributed by atoms with van der Waals surface area (Å²) in [7, 11) is 0. The van der Waals surface area contributed by atoms with Crippen molar-refractivity contribution < 1.29 is 18.3 Å². The summed E-state index contributed by atoms with van der Waals surface area (Å²) in [4.78, 5) is 13.6. The summed E-state index contributed by atoms with van der Waals surface area (Å²) in [5.74, 6) is -1.15. The molecule has 20 heavy (non-hydrogen) atoms. The molecule has 1 fully saturated rings. The summed E-state index contributed by atoms with van der Waals surface area (Å²) in [5, 5.41) is -3.46. The van der Waals surface area contributed by atoms with Crippen LogP contribution < -0.4 is 0 Å². The normalized spacial score (nSPS) is 23.7. The molecule has 0 spiro atoms. The highest BCUT2D eigenvalue weighted by atomic mass is 32.2. The third-order valence-corrected chi connectivity index (χ3v) is 3.88. The van der Waals surface area contributed by atoms with Crippen molar-refractivity contribution in [3.63, 3.8) is 0 Å². The van der Waals surface area contributed by atoms with Gasteiger partial charge in [0, 0.05) is 18.0 Å². The number of morpholine rings is 1. The summed E-state index contributed by atoms with van der Waals surface area (Å²) in [5.41, 5.74) is 0. The van der Waals surface area contributed by atoms with Gasteiger partial charge in [-0.25, -0.2) is 0 Å². The van der Waals surface area contributed by atoms with E-state index >= 15 is 0 Å². The predicted molar refractivity (Wildman–Crippen MR) is 73.8 cm³/mol. The molecule has 0 radical (unpaired) electrons. The van der Waals surface area contributed by atoms with Crippen LogP contribution in [0.2, 0.25) is 0 Å². The topological polar surface area (TPSA) is 29.5 Å². The second-order valence-electron chi connectivity index (χ2n) is 4.90. The minimum absolute atomic E-state index is 0.202. The number of nitrogens with zero attached hydrogens (tertiary/aromatic N) is 1. The van der Waals surface area contributed by atoms with Gasteiger partial charge in [-0.3, -0.25) is 4.79 Å². The van der Waals surface area contributed by atoms with E-state index in [9.17, 15) is 13.6 Å². The molecule has 0 unspecified atom stereocenters. The van der Waals surface area contributed by atoms with Crippen molar-refractivity contribution in [3.05, 3.63) is 30.3 Å². The highest BCUT2D eigenvalue weighted by molar-refractivity contribution is 8.01. The molecule has 1 aromatic rings. The average molecular weight is 301 g/mol. The molecule has 0 aliphatic carbocycles. The smallest absolute Gasteiger partial charge is 0.372 e. The van der Waals surface area contributed by atoms with Crippen molar-refractivity contribution >= 4 is 17.7 Å². The molecule has 2 atom stereocenters. The Kier molecular flexibility index (Phi) is 4.65. The Morgan fingerprint density at radius 2 is 1.80 bits per heavy atom. The zero-order valence-electron chi connectivity index (χ0n) is 11.4. The van der Waals surface area contributed by atoms with Gasteiger partial charge in [0.2, 0.25) is 0 Å². The zero-order chi connectivity index (χ0) is 14.8. The van der Waals surface area contributed by atoms with Gasteiger partial charge in [-0.05, 0) is 37.7 Å². The van der Waals surface area contributed by atoms with Gasteiger partial charge in [0.05, 0.1) is 12.2 Å². The molecule has 6 heteroatoms. The minimum atomic E-state index is -3.46. The van der Waals surface area contributed by atoms with Gasteiger partial charge in [0.15, 0.2) is 0 Å². The minimum Gasteiger partial charge on any atom is -0.372 e. The first-order valence-corrected chi connectivity index (χ1v) is 7.27. The van der Waals surface area contributed by atoms with Crippen LogP contribution >= 0.6 is 11.8 Å². The monoisotopic (exact) mass is 301 g/mol. The first-order chi connectivity index (χ1) is 9.38. The highest BCUT2D eigenvalue weighted by Gasteiger charge is 2.45. The summed E-state index contributed by atoms with van der Waals surface area (Å²) in [6, 6.07) is 8.21. The Balaban J connectivity index is 2.06. The predicted octanol–water partition coefficient (Wildman–Crippen LogP) is 3.01. The second kappa shape index (κ2) is 6.10. The van der Waals surface area contributed by atoms with Crippen LogP contribution in [0.5, 0.6) is 0 Å². The second-order valence-corrected chi connectivity index (χ2v) is 6.09. The number of hydrogen-bond acceptors (Lipinski definition) is 3. The van der Waals surface area contributed by atoms with Crippen LogP contribution in [0, 0.1) is 0 Å². The number of thioether (sulfide) groups is 1. The van der Waals surface area contributed by atoms with E-state index in [2.05, 4.69) is 0 Å². The molecule has 1 heterocycles. The molecule has 1 aliphatic rings. The fourth-order valence-electron chi connectivity index (χ4n) is 2.21. The number of rotatable bonds is 3. The molecule has 0 saturated carbocycles. The lowest BCUT2D eigenvalue weighted by molar-refractivity contribution is -0.157. The summed E-state index contributed by atoms with van der Waals surface area (Å²) in [6.07, 6.45) is -0.444. The highest BCUT2D eigenvalue weighted by Crippen LogP contribution is 2.37. The molecule has 3 nitrogen and oxygen atoms in total. The summed E-state index contributed by atoms with van der Waals surface area (Å²) >= 11 is 0.285. The van der Waals surface area contributed by atoms with Gasteiger partial charge in [0.25, 0.3) is 0 Å². The molecule has 1 aromatic carbocycles. The van der Waals surface area contributed by atoms with Gasteiger partial charge in [-0.15, -0.1) is 0 Å². The van der Waals surface area contributed by atoms with Crippen LogP contribution in [0.25, 0.3) is 0 Å². The van der Waals surface area contributed by atoms with Crippen LogP contribution in [0.1, 0.15) is 13.8 Å². The maximum absolute atomic E-state index is 14.1. The molecule has 0 N–H and O–H groups in total. The Labute approximate surface area is 121 Å². The number of benzene rings is 1. The molecule has 0 aromatic heterocycles. The Bertz CT molecular complexity index is 460. The van der Waals surface area contributed by atoms with E-state index < -0.39 is 11.2 Å². The zero-order valence-corrected chi connectivity index (χ0v) is 12.2. The number of carbonyl (C=O) groups excluding carboxylic acids is 1. The van der Waals surface area contributed by atoms with Crippen molar-refractivity contribution in [1.82, 2.24) is 4.90 Å². The van der Waals surface area contributed by atoms with E-state index in [4.69, 9.17) is 4.74 Å². The SMILES string of the molecule is C[C@@H]1CN(C(=O)C(F)(F)Sc2ccccc2)C[C@@H](C)O1. The molecule has 2 rings (SSSR count). The molecule has 110 valence electrons. The number of carbonyl (C=O) groups is 1. The maximum atomic E-state index is 14.1. The quantitative estimate of drug-likeness (QED) is 0.804. The first kappa shape index (κ1) is 15.3. The van der Waals surface area contributed by atoms with Crippen molar-refractivity contribution in [2.45, 2.75) is 36.2 Å². The number of halogens is 2. The molecular formula is C14H17F2NO2S. The van der Waals surface area contributed by atoms with E-state index in [1.807, 2.05) is 0 Å². The largest absolute Gasteiger partial charge is 0.375 e. The van der Waals surface area contributed by atoms with Crippen LogP contribution in [-0.2, 0) is 9.53 Å². The molecule has 1 saturated heterocycles. The third-order valence-electron chi connectivity index (χ3n) is 2.95. The standard InChI is InChI=1S/C14H17F2NO2S/c1-10-8-17(9-11(2)19-10)13(18)14(15,16)20-12-6-4-3-5-7-12/h3-7,10-11H,8-9H2,1-2H3/t10-,11-/m1/s1. The van der Waals surface area contributed by atoms with Crippen molar-refractivity contribution in [1.29, 1.82) is 0 Å². The average Bonchev–Trinajstić information content (AvgIpc) is 2.37. The van der Waals surface area contributed by atoms with Crippen LogP contribution in [0.15, 0.2) is 35.2 Å². The number of alkyl halides is 2. The lowest BCUT2D eigenvalue weighted by atomic mass is 10.2. The Morgan fingerprint density at radius 3 is 2.35 bits per heavy atom. The Morgan fingerprint density at radius 1 is 1.25 bits per heavy atom. The summed E-state index contributed by atoms with van der Waals surface area (Å²) < 4.78 is 33.6. The number of ether oxygens (including phenoxy) is 1. The van der Waals surface area contributed by atoms with Gasteiger partial charge >= 0.3 is 11.2 Å². The summed E-state index contributed by atoms with van der Waals surface area (Å²) in [6.45, 7) is 3.96. The fourth-order valence-corrected chi connectivity index (χ4v) is 3.01. The molecular weight excluding hydrogens is 284 g/mol. The van der Waals surface area contributed by atoms with E-state index in [0.717, 1.165) is 0 Å². The van der Waals surface area contributed by atoms with Gasteiger partial charge < -0.3 is 9.64 Å². The molecule has 1 amide bonds. The van der Waals surface area contributed by atoms with Gasteiger partial charge in [-0.1, -0.05) is 18.2 Å². The lowest BCUT2D eigenvalue weighted by Crippen LogP contribution is -2.52. The van der Waals surface area contributed by atoms with Gasteiger partial charge in [-0.2, -0.15) is 8.78 Å². The molecule has 1 aliphatic heterocycles. The lowest BCUT2D eigenvalue weighted by Gasteiger charge is -2.36. The maximum Gasteiger partial charge on any atom is 0.375 e. The van der Waals surface area contributed by atoms with E-state index in [1.165, 1.54) is 4.90 Å².